The Kier molecular flexibility index (Phi) is 9.88. The van der Waals surface area contributed by atoms with E-state index < -0.39 is 119 Å². The number of ether oxygens (including phenoxy) is 5. The number of nitrogens with one attached hydrogen (secondary N) is 1. The fourth-order valence-electron chi connectivity index (χ4n) is 9.39. The van der Waals surface area contributed by atoms with Crippen LogP contribution >= 0.6 is 0 Å². The molecule has 8 rings (SSSR count). The van der Waals surface area contributed by atoms with Gasteiger partial charge in [0, 0.05) is 53.0 Å². The Morgan fingerprint density at radius 1 is 1.09 bits per heavy atom. The van der Waals surface area contributed by atoms with Crippen molar-refractivity contribution >= 4 is 29.2 Å². The van der Waals surface area contributed by atoms with Crippen LogP contribution in [0, 0.1) is 5.92 Å². The van der Waals surface area contributed by atoms with Crippen LogP contribution in [0.15, 0.2) is 42.0 Å². The molecule has 3 aliphatic heterocycles. The van der Waals surface area contributed by atoms with Crippen molar-refractivity contribution in [2.45, 2.75) is 113 Å². The zero-order valence-corrected chi connectivity index (χ0v) is 32.1. The number of phenolic OH excluding ortho intramolecular Hbond substituents is 2. The van der Waals surface area contributed by atoms with Gasteiger partial charge < -0.3 is 54.5 Å². The highest BCUT2D eigenvalue weighted by atomic mass is 16.7. The highest BCUT2D eigenvalue weighted by Gasteiger charge is 2.61. The quantitative estimate of drug-likeness (QED) is 0.0865. The number of amides is 1. The lowest BCUT2D eigenvalue weighted by molar-refractivity contribution is -0.249. The molecule has 1 amide bonds. The van der Waals surface area contributed by atoms with Crippen molar-refractivity contribution < 1.29 is 73.2 Å². The van der Waals surface area contributed by atoms with E-state index in [0.717, 1.165) is 0 Å². The molecule has 6 N–H and O–H groups in total. The molecule has 0 aromatic heterocycles. The highest BCUT2D eigenvalue weighted by Crippen LogP contribution is 2.53. The van der Waals surface area contributed by atoms with Crippen LogP contribution in [-0.2, 0) is 39.8 Å². The Morgan fingerprint density at radius 2 is 1.83 bits per heavy atom. The van der Waals surface area contributed by atoms with Crippen molar-refractivity contribution in [1.29, 1.82) is 0 Å². The number of phenols is 2. The predicted octanol–water partition coefficient (Wildman–Crippen LogP) is 1.91. The minimum atomic E-state index is -2.36. The number of fused-ring (bicyclic) bond motifs is 6. The van der Waals surface area contributed by atoms with Gasteiger partial charge in [0.25, 0.3) is 0 Å². The van der Waals surface area contributed by atoms with E-state index in [1.54, 1.807) is 6.92 Å². The van der Waals surface area contributed by atoms with E-state index in [2.05, 4.69) is 11.9 Å². The van der Waals surface area contributed by atoms with E-state index in [4.69, 9.17) is 23.7 Å². The van der Waals surface area contributed by atoms with Gasteiger partial charge in [-0.3, -0.25) is 19.2 Å². The van der Waals surface area contributed by atoms with Crippen LogP contribution in [0.3, 0.4) is 0 Å². The van der Waals surface area contributed by atoms with Gasteiger partial charge in [-0.25, -0.2) is 4.79 Å². The Bertz CT molecular complexity index is 2200. The number of aliphatic hydroxyl groups is 3. The average molecular weight is 804 g/mol. The van der Waals surface area contributed by atoms with Crippen molar-refractivity contribution in [3.8, 4) is 17.2 Å². The predicted molar refractivity (Wildman–Crippen MR) is 198 cm³/mol. The molecule has 16 heteroatoms. The van der Waals surface area contributed by atoms with Gasteiger partial charge >= 0.3 is 5.97 Å². The summed E-state index contributed by atoms with van der Waals surface area (Å²) in [6.07, 6.45) is -3.47. The van der Waals surface area contributed by atoms with Gasteiger partial charge in [-0.05, 0) is 45.6 Å². The van der Waals surface area contributed by atoms with Gasteiger partial charge in [0.1, 0.15) is 47.8 Å². The number of carbonyl (C=O) groups excluding carboxylic acids is 5. The van der Waals surface area contributed by atoms with Gasteiger partial charge in [0.05, 0.1) is 47.7 Å². The van der Waals surface area contributed by atoms with Gasteiger partial charge in [-0.2, -0.15) is 0 Å². The Morgan fingerprint density at radius 3 is 2.55 bits per heavy atom. The molecule has 3 saturated heterocycles. The summed E-state index contributed by atoms with van der Waals surface area (Å²) in [6.45, 7) is 6.33. The molecule has 0 spiro atoms. The van der Waals surface area contributed by atoms with Crippen molar-refractivity contribution in [2.75, 3.05) is 13.7 Å². The molecular weight excluding hydrogens is 758 g/mol. The normalized spacial score (nSPS) is 34.9. The number of benzene rings is 2. The Labute approximate surface area is 332 Å². The molecule has 3 fully saturated rings. The maximum atomic E-state index is 14.0. The minimum Gasteiger partial charge on any atom is -0.507 e. The minimum absolute atomic E-state index is 0.0587. The van der Waals surface area contributed by atoms with Crippen molar-refractivity contribution in [2.24, 2.45) is 5.92 Å². The molecule has 6 aliphatic rings. The van der Waals surface area contributed by atoms with Crippen LogP contribution < -0.4 is 10.1 Å². The Hall–Kier alpha value is -4.97. The molecule has 3 aliphatic carbocycles. The molecule has 10 atom stereocenters. The lowest BCUT2D eigenvalue weighted by Gasteiger charge is -2.43. The highest BCUT2D eigenvalue weighted by molar-refractivity contribution is 6.31. The number of carbonyl (C=O) groups is 5. The van der Waals surface area contributed by atoms with Crippen LogP contribution in [0.25, 0.3) is 0 Å². The van der Waals surface area contributed by atoms with Gasteiger partial charge in [0.2, 0.25) is 11.7 Å². The summed E-state index contributed by atoms with van der Waals surface area (Å²) in [4.78, 5) is 67.2. The van der Waals surface area contributed by atoms with E-state index in [1.165, 1.54) is 25.3 Å². The monoisotopic (exact) mass is 803 g/mol. The molecule has 58 heavy (non-hydrogen) atoms. The molecule has 16 nitrogen and oxygen atoms in total. The average Bonchev–Trinajstić information content (AvgIpc) is 3.78. The van der Waals surface area contributed by atoms with E-state index >= 15 is 0 Å². The standard InChI is InChI=1S/C42H45NO15/c1-17-20-11-10-19(7-6-12-41(3)38(58-41)37(20)57-40(17)52)39(51)43-23-13-27(55-18(2)32(23)46)56-25-15-42(53,26(45)16-44)14-22-29(25)36(50)31-30(34(22)48)33(47)21-8-5-9-24(54-4)28(21)35(31)49/h5,7-9,18,20,23,25,27,32,37-38,44,46,48,50,53H,1,6,10-16H2,2-4H3,(H,43,51)/b19-7+/t18-,20-,23-,25-,27-,32+,37-,38-,41+,42-/m0/s1. The molecule has 2 aromatic carbocycles. The number of rotatable bonds is 7. The van der Waals surface area contributed by atoms with Crippen molar-refractivity contribution in [3.63, 3.8) is 0 Å². The number of allylic oxidation sites excluding steroid dienone is 1. The fraction of sp³-hybridized carbons (Fsp3) is 0.500. The number of methoxy groups -OCH3 is 1. The number of hydrogen-bond acceptors (Lipinski definition) is 15. The molecule has 2 aromatic rings. The molecule has 0 unspecified atom stereocenters. The third kappa shape index (κ3) is 6.33. The second-order valence-electron chi connectivity index (χ2n) is 16.2. The van der Waals surface area contributed by atoms with Crippen molar-refractivity contribution in [3.05, 3.63) is 75.4 Å². The lowest BCUT2D eigenvalue weighted by Crippen LogP contribution is -2.56. The van der Waals surface area contributed by atoms with E-state index in [0.29, 0.717) is 30.4 Å². The smallest absolute Gasteiger partial charge is 0.334 e. The molecule has 308 valence electrons. The van der Waals surface area contributed by atoms with E-state index in [9.17, 15) is 49.5 Å². The summed E-state index contributed by atoms with van der Waals surface area (Å²) in [6, 6.07) is 3.36. The maximum Gasteiger partial charge on any atom is 0.334 e. The van der Waals surface area contributed by atoms with Crippen LogP contribution in [0.4, 0.5) is 0 Å². The fourth-order valence-corrected chi connectivity index (χ4v) is 9.39. The lowest BCUT2D eigenvalue weighted by atomic mass is 9.72. The van der Waals surface area contributed by atoms with E-state index in [-0.39, 0.29) is 52.9 Å². The summed E-state index contributed by atoms with van der Waals surface area (Å²) in [7, 11) is 1.31. The number of hydrogen-bond donors (Lipinski definition) is 6. The first-order valence-corrected chi connectivity index (χ1v) is 19.3. The van der Waals surface area contributed by atoms with Gasteiger partial charge in [0.15, 0.2) is 17.9 Å². The van der Waals surface area contributed by atoms with E-state index in [1.807, 2.05) is 13.0 Å². The van der Waals surface area contributed by atoms with Crippen LogP contribution in [0.1, 0.15) is 101 Å². The zero-order chi connectivity index (χ0) is 41.6. The third-order valence-electron chi connectivity index (χ3n) is 12.7. The number of aromatic hydroxyl groups is 2. The van der Waals surface area contributed by atoms with Gasteiger partial charge in [-0.1, -0.05) is 24.8 Å². The maximum absolute atomic E-state index is 14.0. The van der Waals surface area contributed by atoms with Crippen LogP contribution in [-0.4, -0.2) is 116 Å². The first-order valence-electron chi connectivity index (χ1n) is 19.3. The third-order valence-corrected chi connectivity index (χ3v) is 12.7. The first-order chi connectivity index (χ1) is 27.5. The summed E-state index contributed by atoms with van der Waals surface area (Å²) in [5, 5.41) is 59.1. The first kappa shape index (κ1) is 39.8. The summed E-state index contributed by atoms with van der Waals surface area (Å²) < 4.78 is 29.2. The summed E-state index contributed by atoms with van der Waals surface area (Å²) >= 11 is 0. The molecule has 0 radical (unpaired) electrons. The second-order valence-corrected chi connectivity index (χ2v) is 16.2. The molecule has 3 heterocycles. The van der Waals surface area contributed by atoms with Crippen molar-refractivity contribution in [1.82, 2.24) is 5.32 Å². The topological polar surface area (TPSA) is 248 Å². The number of Topliss-reactive ketones (excluding diaryl/α,β-unsaturated/α-hetero) is 1. The largest absolute Gasteiger partial charge is 0.507 e. The summed E-state index contributed by atoms with van der Waals surface area (Å²) in [5.74, 6) is -5.39. The SMILES string of the molecule is C=C1C(=O)O[C@H]2[C@H]1CC/C(C(=O)N[C@H]1C[C@H](O[C@H]3C[C@](O)(C(=O)CO)Cc4c(O)c5c(c(O)c43)C(=O)c3c(OC)cccc3C5=O)O[C@@H](C)[C@H]1O)=C\CC[C@@]1(C)O[C@@H]21. The van der Waals surface area contributed by atoms with Crippen LogP contribution in [0.5, 0.6) is 17.2 Å². The Balaban J connectivity index is 1.08. The summed E-state index contributed by atoms with van der Waals surface area (Å²) in [5.41, 5.74) is -3.84. The number of aliphatic hydroxyl groups excluding tert-OH is 2. The molecule has 0 bridgehead atoms. The number of epoxide rings is 1. The van der Waals surface area contributed by atoms with Gasteiger partial charge in [-0.15, -0.1) is 0 Å². The molecular formula is C42H45NO15. The zero-order valence-electron chi connectivity index (χ0n) is 32.1. The number of ketones is 3. The second kappa shape index (κ2) is 14.4. The molecule has 0 saturated carbocycles. The van der Waals surface area contributed by atoms with Crippen LogP contribution in [0.2, 0.25) is 0 Å². The number of esters is 1.